The van der Waals surface area contributed by atoms with Crippen molar-refractivity contribution in [2.45, 2.75) is 13.0 Å². The molecule has 1 aromatic heterocycles. The maximum absolute atomic E-state index is 9.46. The van der Waals surface area contributed by atoms with E-state index in [4.69, 9.17) is 16.3 Å². The molecule has 0 fully saturated rings. The first kappa shape index (κ1) is 13.9. The molecule has 1 atom stereocenters. The van der Waals surface area contributed by atoms with Crippen molar-refractivity contribution in [2.75, 3.05) is 0 Å². The van der Waals surface area contributed by atoms with Gasteiger partial charge in [0, 0.05) is 15.8 Å². The van der Waals surface area contributed by atoms with Crippen molar-refractivity contribution in [3.05, 3.63) is 65.4 Å². The van der Waals surface area contributed by atoms with Crippen molar-refractivity contribution in [3.63, 3.8) is 0 Å². The quantitative estimate of drug-likeness (QED) is 0.760. The predicted molar refractivity (Wildman–Crippen MR) is 83.9 cm³/mol. The zero-order valence-corrected chi connectivity index (χ0v) is 12.2. The van der Waals surface area contributed by atoms with E-state index in [1.54, 1.807) is 25.3 Å². The minimum atomic E-state index is -0.588. The Morgan fingerprint density at radius 1 is 1.05 bits per heavy atom. The van der Waals surface area contributed by atoms with Crippen molar-refractivity contribution in [2.24, 2.45) is 0 Å². The summed E-state index contributed by atoms with van der Waals surface area (Å²) in [6.45, 7) is 1.68. The standard InChI is InChI=1S/C17H14ClNO2/c1-11(20)16-8-6-12(10-19-16)21-17-9-7-15(18)13-4-2-3-5-14(13)17/h2-11,20H,1H3. The number of ether oxygens (including phenoxy) is 1. The molecule has 1 unspecified atom stereocenters. The van der Waals surface area contributed by atoms with Gasteiger partial charge < -0.3 is 9.84 Å². The fourth-order valence-electron chi connectivity index (χ4n) is 2.15. The second kappa shape index (κ2) is 5.72. The van der Waals surface area contributed by atoms with E-state index in [1.807, 2.05) is 36.4 Å². The lowest BCUT2D eigenvalue weighted by molar-refractivity contribution is 0.194. The molecule has 106 valence electrons. The van der Waals surface area contributed by atoms with Gasteiger partial charge >= 0.3 is 0 Å². The van der Waals surface area contributed by atoms with Gasteiger partial charge in [-0.1, -0.05) is 35.9 Å². The largest absolute Gasteiger partial charge is 0.455 e. The van der Waals surface area contributed by atoms with E-state index in [2.05, 4.69) is 4.98 Å². The molecule has 1 N–H and O–H groups in total. The first-order valence-corrected chi connectivity index (χ1v) is 7.02. The van der Waals surface area contributed by atoms with Gasteiger partial charge in [0.15, 0.2) is 0 Å². The van der Waals surface area contributed by atoms with Crippen LogP contribution in [-0.4, -0.2) is 10.1 Å². The Balaban J connectivity index is 1.96. The minimum absolute atomic E-state index is 0.588. The molecule has 2 aromatic carbocycles. The summed E-state index contributed by atoms with van der Waals surface area (Å²) in [6.07, 6.45) is 1.02. The Morgan fingerprint density at radius 3 is 2.48 bits per heavy atom. The van der Waals surface area contributed by atoms with E-state index >= 15 is 0 Å². The van der Waals surface area contributed by atoms with E-state index in [1.165, 1.54) is 0 Å². The summed E-state index contributed by atoms with van der Waals surface area (Å²) in [5, 5.41) is 12.1. The number of rotatable bonds is 3. The van der Waals surface area contributed by atoms with Crippen LogP contribution in [0.3, 0.4) is 0 Å². The fraction of sp³-hybridized carbons (Fsp3) is 0.118. The maximum atomic E-state index is 9.46. The molecular weight excluding hydrogens is 286 g/mol. The van der Waals surface area contributed by atoms with Gasteiger partial charge in [-0.05, 0) is 31.2 Å². The summed E-state index contributed by atoms with van der Waals surface area (Å²) >= 11 is 6.19. The lowest BCUT2D eigenvalue weighted by atomic mass is 10.1. The lowest BCUT2D eigenvalue weighted by Crippen LogP contribution is -1.95. The number of aliphatic hydroxyl groups is 1. The molecule has 0 aliphatic carbocycles. The molecule has 3 rings (SSSR count). The minimum Gasteiger partial charge on any atom is -0.455 e. The molecule has 0 aliphatic heterocycles. The molecule has 1 heterocycles. The number of benzene rings is 2. The molecule has 21 heavy (non-hydrogen) atoms. The number of aromatic nitrogens is 1. The molecular formula is C17H14ClNO2. The number of fused-ring (bicyclic) bond motifs is 1. The van der Waals surface area contributed by atoms with Crippen LogP contribution < -0.4 is 4.74 Å². The van der Waals surface area contributed by atoms with Crippen molar-refractivity contribution >= 4 is 22.4 Å². The third-order valence-electron chi connectivity index (χ3n) is 3.25. The van der Waals surface area contributed by atoms with E-state index in [-0.39, 0.29) is 0 Å². The van der Waals surface area contributed by atoms with Crippen molar-refractivity contribution in [1.82, 2.24) is 4.98 Å². The Hall–Kier alpha value is -2.10. The Kier molecular flexibility index (Phi) is 3.78. The monoisotopic (exact) mass is 299 g/mol. The third-order valence-corrected chi connectivity index (χ3v) is 3.58. The Labute approximate surface area is 127 Å². The molecule has 3 nitrogen and oxygen atoms in total. The average molecular weight is 300 g/mol. The molecule has 0 aliphatic rings. The van der Waals surface area contributed by atoms with Gasteiger partial charge in [-0.2, -0.15) is 0 Å². The van der Waals surface area contributed by atoms with Gasteiger partial charge in [-0.15, -0.1) is 0 Å². The van der Waals surface area contributed by atoms with Crippen LogP contribution in [0.2, 0.25) is 5.02 Å². The molecule has 0 spiro atoms. The highest BCUT2D eigenvalue weighted by Gasteiger charge is 2.07. The van der Waals surface area contributed by atoms with Crippen molar-refractivity contribution in [1.29, 1.82) is 0 Å². The van der Waals surface area contributed by atoms with Crippen molar-refractivity contribution < 1.29 is 9.84 Å². The first-order valence-electron chi connectivity index (χ1n) is 6.64. The number of hydrogen-bond donors (Lipinski definition) is 1. The highest BCUT2D eigenvalue weighted by Crippen LogP contribution is 2.33. The molecule has 0 saturated heterocycles. The van der Waals surface area contributed by atoms with Crippen LogP contribution in [0.25, 0.3) is 10.8 Å². The van der Waals surface area contributed by atoms with E-state index in [0.717, 1.165) is 16.5 Å². The number of pyridine rings is 1. The van der Waals surface area contributed by atoms with Crippen LogP contribution in [0, 0.1) is 0 Å². The van der Waals surface area contributed by atoms with E-state index < -0.39 is 6.10 Å². The van der Waals surface area contributed by atoms with Gasteiger partial charge in [-0.25, -0.2) is 0 Å². The van der Waals surface area contributed by atoms with Crippen LogP contribution >= 0.6 is 11.6 Å². The molecule has 3 aromatic rings. The van der Waals surface area contributed by atoms with Crippen LogP contribution in [0.1, 0.15) is 18.7 Å². The summed E-state index contributed by atoms with van der Waals surface area (Å²) in [5.74, 6) is 1.34. The smallest absolute Gasteiger partial charge is 0.145 e. The van der Waals surface area contributed by atoms with E-state index in [0.29, 0.717) is 16.5 Å². The summed E-state index contributed by atoms with van der Waals surface area (Å²) < 4.78 is 5.88. The molecule has 0 radical (unpaired) electrons. The van der Waals surface area contributed by atoms with Gasteiger partial charge in [-0.3, -0.25) is 4.98 Å². The number of aliphatic hydroxyl groups excluding tert-OH is 1. The average Bonchev–Trinajstić information content (AvgIpc) is 2.51. The second-order valence-corrected chi connectivity index (χ2v) is 5.20. The summed E-state index contributed by atoms with van der Waals surface area (Å²) in [5.41, 5.74) is 0.614. The number of hydrogen-bond acceptors (Lipinski definition) is 3. The number of halogens is 1. The highest BCUT2D eigenvalue weighted by molar-refractivity contribution is 6.35. The lowest BCUT2D eigenvalue weighted by Gasteiger charge is -2.10. The summed E-state index contributed by atoms with van der Waals surface area (Å²) in [4.78, 5) is 4.17. The van der Waals surface area contributed by atoms with Crippen LogP contribution in [0.4, 0.5) is 0 Å². The molecule has 0 saturated carbocycles. The van der Waals surface area contributed by atoms with Gasteiger partial charge in [0.2, 0.25) is 0 Å². The first-order chi connectivity index (χ1) is 10.1. The summed E-state index contributed by atoms with van der Waals surface area (Å²) in [6, 6.07) is 15.0. The molecule has 4 heteroatoms. The van der Waals surface area contributed by atoms with Gasteiger partial charge in [0.1, 0.15) is 11.5 Å². The topological polar surface area (TPSA) is 42.4 Å². The Bertz CT molecular complexity index is 769. The van der Waals surface area contributed by atoms with Crippen LogP contribution in [-0.2, 0) is 0 Å². The third kappa shape index (κ3) is 2.84. The van der Waals surface area contributed by atoms with Crippen LogP contribution in [0.15, 0.2) is 54.7 Å². The van der Waals surface area contributed by atoms with Crippen molar-refractivity contribution in [3.8, 4) is 11.5 Å². The Morgan fingerprint density at radius 2 is 1.81 bits per heavy atom. The fourth-order valence-corrected chi connectivity index (χ4v) is 2.38. The SMILES string of the molecule is CC(O)c1ccc(Oc2ccc(Cl)c3ccccc23)cn1. The summed E-state index contributed by atoms with van der Waals surface area (Å²) in [7, 11) is 0. The second-order valence-electron chi connectivity index (χ2n) is 4.79. The predicted octanol–water partition coefficient (Wildman–Crippen LogP) is 4.73. The van der Waals surface area contributed by atoms with Gasteiger partial charge in [0.05, 0.1) is 18.0 Å². The van der Waals surface area contributed by atoms with Gasteiger partial charge in [0.25, 0.3) is 0 Å². The van der Waals surface area contributed by atoms with E-state index in [9.17, 15) is 5.11 Å². The normalized spacial score (nSPS) is 12.3. The zero-order valence-electron chi connectivity index (χ0n) is 11.5. The zero-order chi connectivity index (χ0) is 14.8. The number of nitrogens with zero attached hydrogens (tertiary/aromatic N) is 1. The maximum Gasteiger partial charge on any atom is 0.145 e. The van der Waals surface area contributed by atoms with Crippen LogP contribution in [0.5, 0.6) is 11.5 Å². The highest BCUT2D eigenvalue weighted by atomic mass is 35.5. The molecule has 0 amide bonds. The molecule has 0 bridgehead atoms.